The standard InChI is InChI=1S/C13H17BrN2O2/c1-9(10-4-2-3-5-10)15-13-7-6-11(16(17)18)8-12(13)14/h6-10,15H,2-5H2,1H3. The molecule has 1 unspecified atom stereocenters. The molecule has 4 nitrogen and oxygen atoms in total. The molecule has 1 atom stereocenters. The minimum atomic E-state index is -0.380. The molecule has 1 aliphatic carbocycles. The molecule has 1 aromatic rings. The van der Waals surface area contributed by atoms with Crippen LogP contribution in [0.15, 0.2) is 22.7 Å². The predicted octanol–water partition coefficient (Wildman–Crippen LogP) is 4.35. The summed E-state index contributed by atoms with van der Waals surface area (Å²) in [4.78, 5) is 10.3. The van der Waals surface area contributed by atoms with Crippen LogP contribution in [0.2, 0.25) is 0 Å². The molecule has 98 valence electrons. The van der Waals surface area contributed by atoms with Crippen LogP contribution in [0.4, 0.5) is 11.4 Å². The number of nitro benzene ring substituents is 1. The highest BCUT2D eigenvalue weighted by atomic mass is 79.9. The van der Waals surface area contributed by atoms with Crippen molar-refractivity contribution in [3.05, 3.63) is 32.8 Å². The van der Waals surface area contributed by atoms with Crippen LogP contribution in [0.25, 0.3) is 0 Å². The summed E-state index contributed by atoms with van der Waals surface area (Å²) < 4.78 is 0.751. The Kier molecular flexibility index (Phi) is 4.22. The van der Waals surface area contributed by atoms with Crippen molar-refractivity contribution in [2.45, 2.75) is 38.6 Å². The summed E-state index contributed by atoms with van der Waals surface area (Å²) in [6.45, 7) is 2.18. The van der Waals surface area contributed by atoms with Crippen molar-refractivity contribution in [2.24, 2.45) is 5.92 Å². The van der Waals surface area contributed by atoms with Crippen LogP contribution in [0.1, 0.15) is 32.6 Å². The van der Waals surface area contributed by atoms with Gasteiger partial charge in [0.25, 0.3) is 5.69 Å². The molecule has 5 heteroatoms. The number of rotatable bonds is 4. The minimum absolute atomic E-state index is 0.112. The van der Waals surface area contributed by atoms with E-state index in [0.29, 0.717) is 12.0 Å². The van der Waals surface area contributed by atoms with E-state index in [0.717, 1.165) is 10.2 Å². The summed E-state index contributed by atoms with van der Waals surface area (Å²) in [7, 11) is 0. The average molecular weight is 313 g/mol. The molecular weight excluding hydrogens is 296 g/mol. The topological polar surface area (TPSA) is 55.2 Å². The first-order chi connectivity index (χ1) is 8.58. The quantitative estimate of drug-likeness (QED) is 0.664. The van der Waals surface area contributed by atoms with Gasteiger partial charge in [-0.25, -0.2) is 0 Å². The van der Waals surface area contributed by atoms with Crippen molar-refractivity contribution in [1.29, 1.82) is 0 Å². The fourth-order valence-corrected chi connectivity index (χ4v) is 3.04. The molecule has 1 N–H and O–H groups in total. The van der Waals surface area contributed by atoms with Gasteiger partial charge in [0, 0.05) is 28.3 Å². The highest BCUT2D eigenvalue weighted by molar-refractivity contribution is 9.10. The number of hydrogen-bond donors (Lipinski definition) is 1. The maximum absolute atomic E-state index is 10.7. The van der Waals surface area contributed by atoms with Gasteiger partial charge < -0.3 is 5.32 Å². The second kappa shape index (κ2) is 5.69. The van der Waals surface area contributed by atoms with E-state index in [1.807, 2.05) is 0 Å². The Morgan fingerprint density at radius 3 is 2.67 bits per heavy atom. The zero-order valence-corrected chi connectivity index (χ0v) is 11.9. The smallest absolute Gasteiger partial charge is 0.270 e. The van der Waals surface area contributed by atoms with Gasteiger partial charge in [0.15, 0.2) is 0 Å². The lowest BCUT2D eigenvalue weighted by atomic mass is 9.99. The monoisotopic (exact) mass is 312 g/mol. The van der Waals surface area contributed by atoms with Crippen LogP contribution in [-0.4, -0.2) is 11.0 Å². The summed E-state index contributed by atoms with van der Waals surface area (Å²) in [5.41, 5.74) is 1.04. The van der Waals surface area contributed by atoms with Crippen molar-refractivity contribution in [3.63, 3.8) is 0 Å². The van der Waals surface area contributed by atoms with E-state index in [-0.39, 0.29) is 10.6 Å². The van der Waals surface area contributed by atoms with E-state index >= 15 is 0 Å². The number of benzene rings is 1. The molecule has 0 heterocycles. The molecule has 0 saturated heterocycles. The lowest BCUT2D eigenvalue weighted by molar-refractivity contribution is -0.384. The van der Waals surface area contributed by atoms with Crippen molar-refractivity contribution in [3.8, 4) is 0 Å². The average Bonchev–Trinajstić information content (AvgIpc) is 2.85. The molecule has 1 fully saturated rings. The number of non-ortho nitro benzene ring substituents is 1. The second-order valence-electron chi connectivity index (χ2n) is 4.90. The molecule has 0 amide bonds. The maximum atomic E-state index is 10.7. The molecule has 18 heavy (non-hydrogen) atoms. The van der Waals surface area contributed by atoms with Gasteiger partial charge >= 0.3 is 0 Å². The second-order valence-corrected chi connectivity index (χ2v) is 5.75. The van der Waals surface area contributed by atoms with E-state index in [4.69, 9.17) is 0 Å². The first-order valence-corrected chi connectivity index (χ1v) is 7.07. The third-order valence-corrected chi connectivity index (χ3v) is 4.31. The van der Waals surface area contributed by atoms with E-state index in [9.17, 15) is 10.1 Å². The molecule has 0 aliphatic heterocycles. The molecule has 0 spiro atoms. The molecule has 1 aliphatic rings. The zero-order valence-electron chi connectivity index (χ0n) is 10.4. The highest BCUT2D eigenvalue weighted by Crippen LogP contribution is 2.32. The summed E-state index contributed by atoms with van der Waals surface area (Å²) in [6, 6.07) is 5.26. The Morgan fingerprint density at radius 2 is 2.11 bits per heavy atom. The van der Waals surface area contributed by atoms with Gasteiger partial charge in [-0.05, 0) is 47.7 Å². The Bertz CT molecular complexity index is 445. The number of nitrogens with one attached hydrogen (secondary N) is 1. The van der Waals surface area contributed by atoms with Gasteiger partial charge in [0.2, 0.25) is 0 Å². The molecule has 1 saturated carbocycles. The Hall–Kier alpha value is -1.10. The number of nitro groups is 1. The third kappa shape index (κ3) is 3.02. The third-order valence-electron chi connectivity index (χ3n) is 3.65. The number of hydrogen-bond acceptors (Lipinski definition) is 3. The lowest BCUT2D eigenvalue weighted by Crippen LogP contribution is -2.23. The normalized spacial score (nSPS) is 17.7. The van der Waals surface area contributed by atoms with Crippen LogP contribution >= 0.6 is 15.9 Å². The van der Waals surface area contributed by atoms with Crippen molar-refractivity contribution >= 4 is 27.3 Å². The number of anilines is 1. The van der Waals surface area contributed by atoms with E-state index < -0.39 is 0 Å². The molecule has 0 bridgehead atoms. The Balaban J connectivity index is 2.06. The Morgan fingerprint density at radius 1 is 1.44 bits per heavy atom. The fraction of sp³-hybridized carbons (Fsp3) is 0.538. The van der Waals surface area contributed by atoms with E-state index in [1.165, 1.54) is 31.7 Å². The van der Waals surface area contributed by atoms with Crippen LogP contribution in [0, 0.1) is 16.0 Å². The van der Waals surface area contributed by atoms with E-state index in [2.05, 4.69) is 28.2 Å². The van der Waals surface area contributed by atoms with Gasteiger partial charge in [0.05, 0.1) is 4.92 Å². The van der Waals surface area contributed by atoms with Crippen LogP contribution in [0.3, 0.4) is 0 Å². The highest BCUT2D eigenvalue weighted by Gasteiger charge is 2.22. The van der Waals surface area contributed by atoms with Gasteiger partial charge in [0.1, 0.15) is 0 Å². The van der Waals surface area contributed by atoms with Crippen LogP contribution in [0.5, 0.6) is 0 Å². The van der Waals surface area contributed by atoms with E-state index in [1.54, 1.807) is 12.1 Å². The maximum Gasteiger partial charge on any atom is 0.270 e. The number of nitrogens with zero attached hydrogens (tertiary/aromatic N) is 1. The first-order valence-electron chi connectivity index (χ1n) is 6.28. The van der Waals surface area contributed by atoms with Crippen molar-refractivity contribution < 1.29 is 4.92 Å². The van der Waals surface area contributed by atoms with Crippen LogP contribution < -0.4 is 5.32 Å². The van der Waals surface area contributed by atoms with Gasteiger partial charge in [-0.2, -0.15) is 0 Å². The largest absolute Gasteiger partial charge is 0.381 e. The molecule has 0 aromatic heterocycles. The lowest BCUT2D eigenvalue weighted by Gasteiger charge is -2.22. The minimum Gasteiger partial charge on any atom is -0.381 e. The van der Waals surface area contributed by atoms with Crippen LogP contribution in [-0.2, 0) is 0 Å². The van der Waals surface area contributed by atoms with Gasteiger partial charge in [-0.15, -0.1) is 0 Å². The number of halogens is 1. The molecule has 2 rings (SSSR count). The van der Waals surface area contributed by atoms with Crippen molar-refractivity contribution in [1.82, 2.24) is 0 Å². The van der Waals surface area contributed by atoms with Crippen molar-refractivity contribution in [2.75, 3.05) is 5.32 Å². The summed E-state index contributed by atoms with van der Waals surface area (Å²) in [6.07, 6.45) is 5.19. The summed E-state index contributed by atoms with van der Waals surface area (Å²) >= 11 is 3.39. The molecular formula is C13H17BrN2O2. The fourth-order valence-electron chi connectivity index (χ4n) is 2.56. The Labute approximate surface area is 115 Å². The SMILES string of the molecule is CC(Nc1ccc([N+](=O)[O-])cc1Br)C1CCCC1. The summed E-state index contributed by atoms with van der Waals surface area (Å²) in [5.74, 6) is 0.715. The van der Waals surface area contributed by atoms with Gasteiger partial charge in [-0.3, -0.25) is 10.1 Å². The zero-order chi connectivity index (χ0) is 13.1. The van der Waals surface area contributed by atoms with Gasteiger partial charge in [-0.1, -0.05) is 12.8 Å². The predicted molar refractivity (Wildman–Crippen MR) is 75.8 cm³/mol. The summed E-state index contributed by atoms with van der Waals surface area (Å²) in [5, 5.41) is 14.1. The molecule has 1 aromatic carbocycles. The first kappa shape index (κ1) is 13.3. The molecule has 0 radical (unpaired) electrons.